The van der Waals surface area contributed by atoms with Crippen molar-refractivity contribution in [2.75, 3.05) is 0 Å². The summed E-state index contributed by atoms with van der Waals surface area (Å²) in [6, 6.07) is 13.2. The van der Waals surface area contributed by atoms with Gasteiger partial charge in [-0.1, -0.05) is 46.9 Å². The third-order valence-corrected chi connectivity index (χ3v) is 4.25. The zero-order valence-electron chi connectivity index (χ0n) is 12.4. The molecular formula is C17H8Cl3N3O2. The van der Waals surface area contributed by atoms with Gasteiger partial charge in [0.15, 0.2) is 5.69 Å². The molecule has 124 valence electrons. The van der Waals surface area contributed by atoms with Gasteiger partial charge in [0.25, 0.3) is 0 Å². The first kappa shape index (κ1) is 17.3. The molecule has 25 heavy (non-hydrogen) atoms. The summed E-state index contributed by atoms with van der Waals surface area (Å²) in [5.74, 6) is -1.31. The number of benzene rings is 2. The van der Waals surface area contributed by atoms with Gasteiger partial charge >= 0.3 is 5.97 Å². The Kier molecular flexibility index (Phi) is 4.69. The molecule has 0 fully saturated rings. The lowest BCUT2D eigenvalue weighted by Crippen LogP contribution is -2.03. The third kappa shape index (κ3) is 3.20. The van der Waals surface area contributed by atoms with E-state index < -0.39 is 5.97 Å². The van der Waals surface area contributed by atoms with Crippen LogP contribution in [0.1, 0.15) is 16.1 Å². The van der Waals surface area contributed by atoms with Gasteiger partial charge in [-0.25, -0.2) is 9.48 Å². The number of carbonyl (C=O) groups is 1. The van der Waals surface area contributed by atoms with Crippen molar-refractivity contribution in [2.45, 2.75) is 0 Å². The zero-order valence-corrected chi connectivity index (χ0v) is 14.6. The summed E-state index contributed by atoms with van der Waals surface area (Å²) < 4.78 is 1.32. The first-order chi connectivity index (χ1) is 11.9. The lowest BCUT2D eigenvalue weighted by atomic mass is 10.1. The van der Waals surface area contributed by atoms with Gasteiger partial charge in [-0.15, -0.1) is 0 Å². The molecule has 2 aromatic carbocycles. The molecule has 0 aliphatic carbocycles. The Bertz CT molecular complexity index is 1020. The number of nitrogens with zero attached hydrogens (tertiary/aromatic N) is 3. The van der Waals surface area contributed by atoms with E-state index in [-0.39, 0.29) is 16.3 Å². The van der Waals surface area contributed by atoms with E-state index in [2.05, 4.69) is 5.10 Å². The summed E-state index contributed by atoms with van der Waals surface area (Å²) in [6.07, 6.45) is 0. The summed E-state index contributed by atoms with van der Waals surface area (Å²) in [7, 11) is 0. The van der Waals surface area contributed by atoms with Crippen LogP contribution in [0.3, 0.4) is 0 Å². The van der Waals surface area contributed by atoms with Gasteiger partial charge in [0, 0.05) is 15.6 Å². The molecule has 0 unspecified atom stereocenters. The van der Waals surface area contributed by atoms with E-state index in [1.54, 1.807) is 36.4 Å². The Morgan fingerprint density at radius 3 is 2.28 bits per heavy atom. The molecule has 8 heteroatoms. The quantitative estimate of drug-likeness (QED) is 0.675. The lowest BCUT2D eigenvalue weighted by Gasteiger charge is -2.10. The van der Waals surface area contributed by atoms with E-state index in [0.29, 0.717) is 27.0 Å². The summed E-state index contributed by atoms with van der Waals surface area (Å²) in [6.45, 7) is 0. The fraction of sp³-hybridized carbons (Fsp3) is 0. The van der Waals surface area contributed by atoms with Crippen LogP contribution in [-0.2, 0) is 0 Å². The minimum atomic E-state index is -1.31. The van der Waals surface area contributed by atoms with Gasteiger partial charge < -0.3 is 5.11 Å². The Labute approximate surface area is 157 Å². The second-order valence-corrected chi connectivity index (χ2v) is 6.28. The summed E-state index contributed by atoms with van der Waals surface area (Å²) in [5, 5.41) is 24.2. The van der Waals surface area contributed by atoms with Crippen molar-refractivity contribution in [1.82, 2.24) is 9.78 Å². The van der Waals surface area contributed by atoms with Crippen molar-refractivity contribution < 1.29 is 9.90 Å². The minimum Gasteiger partial charge on any atom is -0.476 e. The Morgan fingerprint density at radius 2 is 1.72 bits per heavy atom. The summed E-state index contributed by atoms with van der Waals surface area (Å²) >= 11 is 18.1. The molecule has 1 heterocycles. The first-order valence-electron chi connectivity index (χ1n) is 6.90. The number of halogens is 3. The predicted molar refractivity (Wildman–Crippen MR) is 95.7 cm³/mol. The topological polar surface area (TPSA) is 78.9 Å². The van der Waals surface area contributed by atoms with Crippen LogP contribution in [0.15, 0.2) is 42.5 Å². The van der Waals surface area contributed by atoms with Crippen molar-refractivity contribution in [1.29, 1.82) is 5.26 Å². The molecule has 0 aliphatic heterocycles. The fourth-order valence-corrected chi connectivity index (χ4v) is 2.99. The molecule has 1 N–H and O–H groups in total. The Hall–Kier alpha value is -2.52. The number of carboxylic acids is 1. The van der Waals surface area contributed by atoms with E-state index in [4.69, 9.17) is 34.8 Å². The van der Waals surface area contributed by atoms with Gasteiger partial charge in [-0.2, -0.15) is 10.4 Å². The number of aromatic carboxylic acids is 1. The van der Waals surface area contributed by atoms with Crippen LogP contribution in [0.5, 0.6) is 0 Å². The van der Waals surface area contributed by atoms with Crippen LogP contribution in [-0.4, -0.2) is 20.9 Å². The minimum absolute atomic E-state index is 0.0687. The maximum atomic E-state index is 11.5. The molecular weight excluding hydrogens is 385 g/mol. The number of carboxylic acid groups (broad SMARTS) is 1. The van der Waals surface area contributed by atoms with Gasteiger partial charge in [0.1, 0.15) is 11.6 Å². The van der Waals surface area contributed by atoms with Crippen molar-refractivity contribution in [3.63, 3.8) is 0 Å². The maximum absolute atomic E-state index is 11.5. The highest BCUT2D eigenvalue weighted by Gasteiger charge is 2.25. The molecule has 3 aromatic rings. The van der Waals surface area contributed by atoms with Crippen LogP contribution in [0.25, 0.3) is 16.9 Å². The van der Waals surface area contributed by atoms with Crippen LogP contribution in [0.2, 0.25) is 15.1 Å². The number of rotatable bonds is 3. The van der Waals surface area contributed by atoms with Crippen molar-refractivity contribution in [3.8, 4) is 23.0 Å². The molecule has 0 aliphatic rings. The van der Waals surface area contributed by atoms with Gasteiger partial charge in [0.05, 0.1) is 16.4 Å². The largest absolute Gasteiger partial charge is 0.476 e. The second kappa shape index (κ2) is 6.77. The average Bonchev–Trinajstić information content (AvgIpc) is 2.95. The lowest BCUT2D eigenvalue weighted by molar-refractivity contribution is 0.0689. The Balaban J connectivity index is 2.36. The van der Waals surface area contributed by atoms with Crippen LogP contribution >= 0.6 is 34.8 Å². The molecule has 0 saturated heterocycles. The van der Waals surface area contributed by atoms with E-state index >= 15 is 0 Å². The summed E-state index contributed by atoms with van der Waals surface area (Å²) in [5.41, 5.74) is 0.854. The normalized spacial score (nSPS) is 10.5. The number of hydrogen-bond acceptors (Lipinski definition) is 3. The molecule has 0 atom stereocenters. The smallest absolute Gasteiger partial charge is 0.357 e. The molecule has 0 radical (unpaired) electrons. The molecule has 5 nitrogen and oxygen atoms in total. The van der Waals surface area contributed by atoms with Crippen LogP contribution in [0.4, 0.5) is 0 Å². The van der Waals surface area contributed by atoms with Crippen LogP contribution in [0, 0.1) is 11.3 Å². The zero-order chi connectivity index (χ0) is 18.1. The predicted octanol–water partition coefficient (Wildman–Crippen LogP) is 5.07. The maximum Gasteiger partial charge on any atom is 0.357 e. The summed E-state index contributed by atoms with van der Waals surface area (Å²) in [4.78, 5) is 11.5. The third-order valence-electron chi connectivity index (χ3n) is 3.46. The van der Waals surface area contributed by atoms with E-state index in [0.717, 1.165) is 0 Å². The van der Waals surface area contributed by atoms with E-state index in [1.807, 2.05) is 6.07 Å². The van der Waals surface area contributed by atoms with E-state index in [9.17, 15) is 15.2 Å². The van der Waals surface area contributed by atoms with Crippen molar-refractivity contribution in [2.24, 2.45) is 0 Å². The van der Waals surface area contributed by atoms with E-state index in [1.165, 1.54) is 10.7 Å². The molecule has 0 bridgehead atoms. The highest BCUT2D eigenvalue weighted by atomic mass is 35.5. The Morgan fingerprint density at radius 1 is 1.08 bits per heavy atom. The van der Waals surface area contributed by atoms with Crippen molar-refractivity contribution >= 4 is 40.8 Å². The second-order valence-electron chi connectivity index (χ2n) is 5.00. The van der Waals surface area contributed by atoms with Gasteiger partial charge in [0.2, 0.25) is 0 Å². The standard InChI is InChI=1S/C17H8Cl3N3O2/c18-10-3-1-9(2-4-10)16-12(8-21)15(17(24)25)22-23(16)14-6-5-11(19)7-13(14)20/h1-7H,(H,24,25). The highest BCUT2D eigenvalue weighted by molar-refractivity contribution is 6.35. The molecule has 0 saturated carbocycles. The average molecular weight is 393 g/mol. The highest BCUT2D eigenvalue weighted by Crippen LogP contribution is 2.33. The number of nitriles is 1. The number of aromatic nitrogens is 2. The van der Waals surface area contributed by atoms with Gasteiger partial charge in [-0.05, 0) is 30.3 Å². The molecule has 1 aromatic heterocycles. The fourth-order valence-electron chi connectivity index (χ4n) is 2.38. The first-order valence-corrected chi connectivity index (χ1v) is 8.03. The monoisotopic (exact) mass is 391 g/mol. The molecule has 3 rings (SSSR count). The van der Waals surface area contributed by atoms with Crippen LogP contribution < -0.4 is 0 Å². The SMILES string of the molecule is N#Cc1c(C(=O)O)nn(-c2ccc(Cl)cc2Cl)c1-c1ccc(Cl)cc1. The number of hydrogen-bond donors (Lipinski definition) is 1. The van der Waals surface area contributed by atoms with Crippen molar-refractivity contribution in [3.05, 3.63) is 68.8 Å². The van der Waals surface area contributed by atoms with Gasteiger partial charge in [-0.3, -0.25) is 0 Å². The molecule has 0 amide bonds. The molecule has 0 spiro atoms.